The zero-order valence-electron chi connectivity index (χ0n) is 34.6. The topological polar surface area (TPSA) is 44.1 Å². The van der Waals surface area contributed by atoms with E-state index in [0.29, 0.717) is 6.42 Å². The minimum Gasteiger partial charge on any atom is -0.352 e. The Kier molecular flexibility index (Phi) is 36.8. The third kappa shape index (κ3) is 32.8. The van der Waals surface area contributed by atoms with Gasteiger partial charge in [-0.1, -0.05) is 232 Å². The highest BCUT2D eigenvalue weighted by atomic mass is 16.1. The normalized spacial score (nSPS) is 13.0. The van der Waals surface area contributed by atoms with E-state index in [2.05, 4.69) is 29.1 Å². The van der Waals surface area contributed by atoms with Crippen molar-refractivity contribution in [3.05, 3.63) is 0 Å². The van der Waals surface area contributed by atoms with Crippen LogP contribution in [0.5, 0.6) is 0 Å². The molecule has 0 bridgehead atoms. The van der Waals surface area contributed by atoms with Gasteiger partial charge in [0.2, 0.25) is 11.7 Å². The van der Waals surface area contributed by atoms with Crippen LogP contribution in [0.2, 0.25) is 0 Å². The van der Waals surface area contributed by atoms with Gasteiger partial charge in [0, 0.05) is 12.8 Å². The van der Waals surface area contributed by atoms with Gasteiger partial charge in [-0.25, -0.2) is 0 Å². The second kappa shape index (κ2) is 39.2. The van der Waals surface area contributed by atoms with Crippen molar-refractivity contribution in [2.24, 2.45) is 0 Å². The first-order valence-electron chi connectivity index (χ1n) is 23.4. The molecule has 0 aromatic heterocycles. The van der Waals surface area contributed by atoms with Crippen LogP contribution in [-0.4, -0.2) is 42.5 Å². The predicted octanol–water partition coefficient (Wildman–Crippen LogP) is 14.0. The van der Waals surface area contributed by atoms with Gasteiger partial charge in [0.25, 0.3) is 0 Å². The smallest absolute Gasteiger partial charge is 0.244 e. The molecule has 4 nitrogen and oxygen atoms in total. The van der Waals surface area contributed by atoms with Crippen LogP contribution in [0.3, 0.4) is 0 Å². The largest absolute Gasteiger partial charge is 0.352 e. The van der Waals surface area contributed by atoms with Crippen molar-refractivity contribution in [2.75, 3.05) is 26.2 Å². The van der Waals surface area contributed by atoms with Gasteiger partial charge < -0.3 is 5.32 Å². The number of nitrogens with zero attached hydrogens (tertiary/aromatic N) is 1. The van der Waals surface area contributed by atoms with Crippen LogP contribution < -0.4 is 10.6 Å². The van der Waals surface area contributed by atoms with E-state index in [9.17, 15) is 4.79 Å². The maximum atomic E-state index is 12.4. The van der Waals surface area contributed by atoms with Crippen molar-refractivity contribution in [2.45, 2.75) is 258 Å². The lowest BCUT2D eigenvalue weighted by Gasteiger charge is -2.07. The molecule has 0 aromatic carbocycles. The Morgan fingerprint density at radius 1 is 0.480 bits per heavy atom. The van der Waals surface area contributed by atoms with Crippen LogP contribution in [0.25, 0.3) is 0 Å². The summed E-state index contributed by atoms with van der Waals surface area (Å²) in [5, 5.41) is 6.81. The quantitative estimate of drug-likeness (QED) is 0.0492. The fourth-order valence-electron chi connectivity index (χ4n) is 7.88. The summed E-state index contributed by atoms with van der Waals surface area (Å²) in [5.74, 6) is 1.66. The molecule has 0 aromatic rings. The summed E-state index contributed by atoms with van der Waals surface area (Å²) in [5.41, 5.74) is 0. The first-order chi connectivity index (χ1) is 24.8. The highest BCUT2D eigenvalue weighted by molar-refractivity contribution is 5.78. The van der Waals surface area contributed by atoms with E-state index >= 15 is 0 Å². The SMILES string of the molecule is CCCCCCCCCCCCCCCCCCCCCC(=O)NCC[N+]1=C(CCCCCCCCCCCCCCCCCCC)NCC1. The maximum absolute atomic E-state index is 12.4. The third-order valence-corrected chi connectivity index (χ3v) is 11.3. The average Bonchev–Trinajstić information content (AvgIpc) is 3.57. The van der Waals surface area contributed by atoms with Crippen molar-refractivity contribution < 1.29 is 9.37 Å². The van der Waals surface area contributed by atoms with Crippen LogP contribution in [-0.2, 0) is 4.79 Å². The van der Waals surface area contributed by atoms with Gasteiger partial charge in [0.05, 0.1) is 6.54 Å². The Balaban J connectivity index is 1.83. The molecule has 1 amide bonds. The summed E-state index contributed by atoms with van der Waals surface area (Å²) in [7, 11) is 0. The van der Waals surface area contributed by atoms with E-state index in [1.54, 1.807) is 0 Å². The number of amidine groups is 1. The number of carbonyl (C=O) groups excluding carboxylic acids is 1. The molecule has 0 saturated heterocycles. The molecular formula is C46H92N3O+. The first-order valence-corrected chi connectivity index (χ1v) is 23.4. The minimum atomic E-state index is 0.249. The summed E-state index contributed by atoms with van der Waals surface area (Å²) >= 11 is 0. The van der Waals surface area contributed by atoms with Crippen molar-refractivity contribution in [3.8, 4) is 0 Å². The van der Waals surface area contributed by atoms with Crippen LogP contribution in [0.15, 0.2) is 0 Å². The van der Waals surface area contributed by atoms with Crippen LogP contribution in [0.4, 0.5) is 0 Å². The molecule has 4 heteroatoms. The summed E-state index contributed by atoms with van der Waals surface area (Å²) in [6, 6.07) is 0. The second-order valence-electron chi connectivity index (χ2n) is 16.2. The molecule has 296 valence electrons. The number of amides is 1. The van der Waals surface area contributed by atoms with Gasteiger partial charge in [0.15, 0.2) is 0 Å². The van der Waals surface area contributed by atoms with E-state index in [4.69, 9.17) is 0 Å². The highest BCUT2D eigenvalue weighted by Gasteiger charge is 2.19. The molecule has 1 aliphatic heterocycles. The summed E-state index contributed by atoms with van der Waals surface area (Å²) < 4.78 is 2.48. The summed E-state index contributed by atoms with van der Waals surface area (Å²) in [6.45, 7) is 8.48. The summed E-state index contributed by atoms with van der Waals surface area (Å²) in [4.78, 5) is 12.4. The van der Waals surface area contributed by atoms with Gasteiger partial charge in [-0.2, -0.15) is 0 Å². The molecule has 0 fully saturated rings. The Morgan fingerprint density at radius 3 is 1.16 bits per heavy atom. The number of carbonyl (C=O) groups is 1. The fourth-order valence-corrected chi connectivity index (χ4v) is 7.88. The standard InChI is InChI=1S/C46H91N3O/c1-3-5-7-9-11-13-15-17-19-21-22-24-26-28-30-32-34-36-38-40-46(50)48-42-44-49-43-41-47-45(49)39-37-35-33-31-29-27-25-23-20-18-16-14-12-10-8-6-4-2/h3-44H2,1-2H3,(H,48,50)/p+1. The zero-order valence-corrected chi connectivity index (χ0v) is 34.6. The molecule has 2 N–H and O–H groups in total. The molecule has 0 aliphatic carbocycles. The monoisotopic (exact) mass is 703 g/mol. The van der Waals surface area contributed by atoms with E-state index in [1.807, 2.05) is 0 Å². The lowest BCUT2D eigenvalue weighted by Crippen LogP contribution is -2.32. The zero-order chi connectivity index (χ0) is 35.8. The first kappa shape index (κ1) is 47.0. The molecule has 50 heavy (non-hydrogen) atoms. The van der Waals surface area contributed by atoms with Crippen LogP contribution in [0.1, 0.15) is 258 Å². The van der Waals surface area contributed by atoms with E-state index in [1.165, 1.54) is 237 Å². The molecule has 1 heterocycles. The molecule has 1 aliphatic rings. The Morgan fingerprint density at radius 2 is 0.800 bits per heavy atom. The molecule has 1 rings (SSSR count). The van der Waals surface area contributed by atoms with Crippen molar-refractivity contribution >= 4 is 11.7 Å². The van der Waals surface area contributed by atoms with Gasteiger partial charge in [0.1, 0.15) is 19.6 Å². The lowest BCUT2D eigenvalue weighted by molar-refractivity contribution is -0.517. The van der Waals surface area contributed by atoms with Gasteiger partial charge in [-0.3, -0.25) is 14.7 Å². The molecule has 0 radical (unpaired) electrons. The Labute approximate surface area is 315 Å². The third-order valence-electron chi connectivity index (χ3n) is 11.3. The predicted molar refractivity (Wildman–Crippen MR) is 223 cm³/mol. The van der Waals surface area contributed by atoms with Crippen LogP contribution >= 0.6 is 0 Å². The molecule has 0 spiro atoms. The number of rotatable bonds is 41. The number of nitrogens with one attached hydrogen (secondary N) is 2. The van der Waals surface area contributed by atoms with Crippen molar-refractivity contribution in [1.82, 2.24) is 10.6 Å². The number of hydrogen-bond donors (Lipinski definition) is 2. The molecular weight excluding hydrogens is 611 g/mol. The minimum absolute atomic E-state index is 0.249. The van der Waals surface area contributed by atoms with E-state index < -0.39 is 0 Å². The summed E-state index contributed by atoms with van der Waals surface area (Å²) in [6.07, 6.45) is 52.5. The van der Waals surface area contributed by atoms with Crippen molar-refractivity contribution in [1.29, 1.82) is 0 Å². The molecule has 0 unspecified atom stereocenters. The second-order valence-corrected chi connectivity index (χ2v) is 16.2. The Hall–Kier alpha value is -1.06. The molecule has 0 atom stereocenters. The fraction of sp³-hybridized carbons (Fsp3) is 0.957. The highest BCUT2D eigenvalue weighted by Crippen LogP contribution is 2.16. The number of hydrogen-bond acceptors (Lipinski definition) is 2. The van der Waals surface area contributed by atoms with Crippen LogP contribution in [0, 0.1) is 0 Å². The average molecular weight is 703 g/mol. The molecule has 0 saturated carbocycles. The number of unbranched alkanes of at least 4 members (excludes halogenated alkanes) is 34. The van der Waals surface area contributed by atoms with Gasteiger partial charge >= 0.3 is 0 Å². The van der Waals surface area contributed by atoms with Gasteiger partial charge in [-0.05, 0) is 12.8 Å². The van der Waals surface area contributed by atoms with Gasteiger partial charge in [-0.15, -0.1) is 0 Å². The van der Waals surface area contributed by atoms with Crippen molar-refractivity contribution in [3.63, 3.8) is 0 Å². The Bertz CT molecular complexity index is 735. The lowest BCUT2D eigenvalue weighted by atomic mass is 10.0. The van der Waals surface area contributed by atoms with E-state index in [-0.39, 0.29) is 5.91 Å². The van der Waals surface area contributed by atoms with E-state index in [0.717, 1.165) is 32.6 Å². The maximum Gasteiger partial charge on any atom is 0.244 e.